The van der Waals surface area contributed by atoms with Crippen molar-refractivity contribution in [2.45, 2.75) is 19.9 Å². The van der Waals surface area contributed by atoms with Gasteiger partial charge < -0.3 is 19.5 Å². The summed E-state index contributed by atoms with van der Waals surface area (Å²) < 4.78 is 6.02. The molecule has 33 heavy (non-hydrogen) atoms. The van der Waals surface area contributed by atoms with Crippen molar-refractivity contribution < 1.29 is 9.21 Å². The molecule has 0 bridgehead atoms. The van der Waals surface area contributed by atoms with Crippen LogP contribution in [0.25, 0.3) is 21.7 Å². The summed E-state index contributed by atoms with van der Waals surface area (Å²) in [5, 5.41) is 6.73. The molecule has 1 fully saturated rings. The molecule has 0 spiro atoms. The molecule has 0 aliphatic carbocycles. The van der Waals surface area contributed by atoms with Crippen molar-refractivity contribution in [3.05, 3.63) is 77.3 Å². The molecule has 2 aromatic heterocycles. The van der Waals surface area contributed by atoms with Gasteiger partial charge in [-0.2, -0.15) is 0 Å². The topological polar surface area (TPSA) is 61.6 Å². The molecule has 4 aromatic rings. The molecule has 0 unspecified atom stereocenters. The van der Waals surface area contributed by atoms with Gasteiger partial charge in [0.2, 0.25) is 0 Å². The van der Waals surface area contributed by atoms with Crippen LogP contribution in [0.15, 0.2) is 59.3 Å². The monoisotopic (exact) mass is 442 g/mol. The van der Waals surface area contributed by atoms with Crippen LogP contribution in [0.2, 0.25) is 0 Å². The molecule has 6 nitrogen and oxygen atoms in total. The second-order valence-electron chi connectivity index (χ2n) is 8.93. The van der Waals surface area contributed by atoms with Crippen molar-refractivity contribution in [3.63, 3.8) is 0 Å². The van der Waals surface area contributed by atoms with Crippen molar-refractivity contribution >= 4 is 27.6 Å². The minimum Gasteiger partial charge on any atom is -0.461 e. The number of amides is 1. The zero-order valence-electron chi connectivity index (χ0n) is 19.3. The largest absolute Gasteiger partial charge is 0.461 e. The Morgan fingerprint density at radius 1 is 1.12 bits per heavy atom. The van der Waals surface area contributed by atoms with E-state index in [1.54, 1.807) is 0 Å². The van der Waals surface area contributed by atoms with Crippen molar-refractivity contribution in [3.8, 4) is 0 Å². The first-order valence-corrected chi connectivity index (χ1v) is 11.6. The Morgan fingerprint density at radius 2 is 1.97 bits per heavy atom. The van der Waals surface area contributed by atoms with Crippen LogP contribution >= 0.6 is 0 Å². The number of nitrogens with zero attached hydrogens (tertiary/aromatic N) is 3. The van der Waals surface area contributed by atoms with E-state index < -0.39 is 0 Å². The van der Waals surface area contributed by atoms with Gasteiger partial charge in [0.05, 0.1) is 0 Å². The number of carbonyl (C=O) groups excluding carboxylic acids is 1. The molecule has 1 aliphatic heterocycles. The number of furan rings is 1. The Morgan fingerprint density at radius 3 is 2.82 bits per heavy atom. The van der Waals surface area contributed by atoms with E-state index in [4.69, 9.17) is 4.42 Å². The summed E-state index contributed by atoms with van der Waals surface area (Å²) in [4.78, 5) is 21.5. The highest BCUT2D eigenvalue weighted by Crippen LogP contribution is 2.28. The highest BCUT2D eigenvalue weighted by Gasteiger charge is 2.20. The lowest BCUT2D eigenvalue weighted by atomic mass is 10.0. The lowest BCUT2D eigenvalue weighted by Crippen LogP contribution is -2.46. The Hall–Kier alpha value is -3.22. The van der Waals surface area contributed by atoms with Gasteiger partial charge in [0.15, 0.2) is 0 Å². The standard InChI is InChI=1S/C27H30N4O2/c1-19-24(8-12-30(2)18-20-3-4-21-7-9-29-17-23(21)15-20)25-16-22(5-6-26(25)33-19)27(32)31-13-10-28-11-14-31/h3-7,9,15-17,28H,8,10-14,18H2,1-2H3. The number of aromatic nitrogens is 1. The summed E-state index contributed by atoms with van der Waals surface area (Å²) in [6, 6.07) is 14.4. The number of aryl methyl sites for hydroxylation is 1. The van der Waals surface area contributed by atoms with E-state index in [1.807, 2.05) is 48.5 Å². The number of piperazine rings is 1. The maximum Gasteiger partial charge on any atom is 0.253 e. The van der Waals surface area contributed by atoms with Gasteiger partial charge in [0, 0.05) is 73.6 Å². The van der Waals surface area contributed by atoms with Gasteiger partial charge in [-0.1, -0.05) is 12.1 Å². The fourth-order valence-electron chi connectivity index (χ4n) is 4.69. The van der Waals surface area contributed by atoms with Gasteiger partial charge in [-0.15, -0.1) is 0 Å². The summed E-state index contributed by atoms with van der Waals surface area (Å²) in [6.45, 7) is 6.99. The molecule has 0 radical (unpaired) electrons. The summed E-state index contributed by atoms with van der Waals surface area (Å²) in [7, 11) is 2.14. The van der Waals surface area contributed by atoms with Gasteiger partial charge in [0.1, 0.15) is 11.3 Å². The predicted octanol–water partition coefficient (Wildman–Crippen LogP) is 4.01. The number of carbonyl (C=O) groups is 1. The van der Waals surface area contributed by atoms with Gasteiger partial charge in [-0.3, -0.25) is 9.78 Å². The van der Waals surface area contributed by atoms with Gasteiger partial charge >= 0.3 is 0 Å². The zero-order chi connectivity index (χ0) is 22.8. The van der Waals surface area contributed by atoms with E-state index >= 15 is 0 Å². The number of pyridine rings is 1. The Labute approximate surface area is 194 Å². The predicted molar refractivity (Wildman–Crippen MR) is 132 cm³/mol. The highest BCUT2D eigenvalue weighted by atomic mass is 16.3. The number of likely N-dealkylation sites (N-methyl/N-ethyl adjacent to an activating group) is 1. The number of hydrogen-bond donors (Lipinski definition) is 1. The van der Waals surface area contributed by atoms with E-state index in [1.165, 1.54) is 21.9 Å². The van der Waals surface area contributed by atoms with Crippen LogP contribution in [0, 0.1) is 6.92 Å². The van der Waals surface area contributed by atoms with Crippen molar-refractivity contribution in [2.75, 3.05) is 39.8 Å². The molecule has 1 N–H and O–H groups in total. The lowest BCUT2D eigenvalue weighted by molar-refractivity contribution is 0.0736. The molecule has 3 heterocycles. The first kappa shape index (κ1) is 21.6. The van der Waals surface area contributed by atoms with E-state index in [-0.39, 0.29) is 5.91 Å². The third-order valence-electron chi connectivity index (χ3n) is 6.54. The first-order valence-electron chi connectivity index (χ1n) is 11.6. The van der Waals surface area contributed by atoms with Crippen LogP contribution in [0.5, 0.6) is 0 Å². The minimum absolute atomic E-state index is 0.103. The van der Waals surface area contributed by atoms with E-state index in [2.05, 4.69) is 40.4 Å². The average Bonchev–Trinajstić information content (AvgIpc) is 3.16. The normalized spacial score (nSPS) is 14.5. The average molecular weight is 443 g/mol. The second-order valence-corrected chi connectivity index (χ2v) is 8.93. The van der Waals surface area contributed by atoms with E-state index in [9.17, 15) is 4.79 Å². The third-order valence-corrected chi connectivity index (χ3v) is 6.54. The van der Waals surface area contributed by atoms with Crippen LogP contribution in [-0.2, 0) is 13.0 Å². The fraction of sp³-hybridized carbons (Fsp3) is 0.333. The number of rotatable bonds is 6. The molecular formula is C27H30N4O2. The molecule has 0 atom stereocenters. The molecule has 6 heteroatoms. The van der Waals surface area contributed by atoms with E-state index in [0.717, 1.165) is 68.0 Å². The van der Waals surface area contributed by atoms with Crippen LogP contribution in [-0.4, -0.2) is 60.5 Å². The molecule has 1 saturated heterocycles. The third kappa shape index (κ3) is 4.63. The maximum atomic E-state index is 13.0. The maximum absolute atomic E-state index is 13.0. The van der Waals surface area contributed by atoms with Crippen molar-refractivity contribution in [1.82, 2.24) is 20.1 Å². The Balaban J connectivity index is 1.30. The number of fused-ring (bicyclic) bond motifs is 2. The SMILES string of the molecule is Cc1oc2ccc(C(=O)N3CCNCC3)cc2c1CCN(C)Cc1ccc2ccncc2c1. The lowest BCUT2D eigenvalue weighted by Gasteiger charge is -2.27. The molecular weight excluding hydrogens is 412 g/mol. The van der Waals surface area contributed by atoms with Gasteiger partial charge in [-0.25, -0.2) is 0 Å². The van der Waals surface area contributed by atoms with Crippen molar-refractivity contribution in [2.24, 2.45) is 0 Å². The molecule has 1 amide bonds. The van der Waals surface area contributed by atoms with Crippen LogP contribution in [0.1, 0.15) is 27.2 Å². The van der Waals surface area contributed by atoms with Crippen LogP contribution in [0.4, 0.5) is 0 Å². The molecule has 0 saturated carbocycles. The van der Waals surface area contributed by atoms with Gasteiger partial charge in [-0.05, 0) is 61.7 Å². The quantitative estimate of drug-likeness (QED) is 0.489. The highest BCUT2D eigenvalue weighted by molar-refractivity contribution is 5.98. The number of nitrogens with one attached hydrogen (secondary N) is 1. The van der Waals surface area contributed by atoms with Gasteiger partial charge in [0.25, 0.3) is 5.91 Å². The summed E-state index contributed by atoms with van der Waals surface area (Å²) in [6.07, 6.45) is 4.61. The summed E-state index contributed by atoms with van der Waals surface area (Å²) in [5.74, 6) is 1.04. The molecule has 5 rings (SSSR count). The molecule has 2 aromatic carbocycles. The second kappa shape index (κ2) is 9.33. The first-order chi connectivity index (χ1) is 16.1. The minimum atomic E-state index is 0.103. The number of hydrogen-bond acceptors (Lipinski definition) is 5. The molecule has 170 valence electrons. The fourth-order valence-corrected chi connectivity index (χ4v) is 4.69. The van der Waals surface area contributed by atoms with Crippen LogP contribution in [0.3, 0.4) is 0 Å². The van der Waals surface area contributed by atoms with Crippen LogP contribution < -0.4 is 5.32 Å². The molecule has 1 aliphatic rings. The summed E-state index contributed by atoms with van der Waals surface area (Å²) in [5.41, 5.74) is 4.05. The van der Waals surface area contributed by atoms with Crippen molar-refractivity contribution in [1.29, 1.82) is 0 Å². The summed E-state index contributed by atoms with van der Waals surface area (Å²) >= 11 is 0. The Kier molecular flexibility index (Phi) is 6.11. The number of benzene rings is 2. The van der Waals surface area contributed by atoms with E-state index in [0.29, 0.717) is 0 Å². The smallest absolute Gasteiger partial charge is 0.253 e. The Bertz CT molecular complexity index is 1290. The zero-order valence-corrected chi connectivity index (χ0v) is 19.3.